The van der Waals surface area contributed by atoms with E-state index in [1.54, 1.807) is 6.08 Å². The van der Waals surface area contributed by atoms with Crippen LogP contribution in [0.3, 0.4) is 0 Å². The van der Waals surface area contributed by atoms with E-state index in [-0.39, 0.29) is 19.1 Å². The van der Waals surface area contributed by atoms with Gasteiger partial charge in [0.1, 0.15) is 13.2 Å². The molecule has 9 heteroatoms. The van der Waals surface area contributed by atoms with Crippen LogP contribution in [-0.4, -0.2) is 68.5 Å². The van der Waals surface area contributed by atoms with Crippen molar-refractivity contribution in [3.8, 4) is 0 Å². The molecule has 0 aromatic carbocycles. The van der Waals surface area contributed by atoms with Crippen molar-refractivity contribution in [2.75, 3.05) is 40.9 Å². The van der Waals surface area contributed by atoms with Crippen molar-refractivity contribution in [3.05, 3.63) is 36.5 Å². The molecule has 0 spiro atoms. The quantitative estimate of drug-likeness (QED) is 0.0281. The van der Waals surface area contributed by atoms with E-state index in [1.807, 2.05) is 27.2 Å². The minimum absolute atomic E-state index is 0.00253. The highest BCUT2D eigenvalue weighted by Crippen LogP contribution is 2.38. The number of aliphatic hydroxyl groups is 1. The van der Waals surface area contributed by atoms with Gasteiger partial charge in [0.15, 0.2) is 0 Å². The fourth-order valence-corrected chi connectivity index (χ4v) is 6.61. The van der Waals surface area contributed by atoms with Crippen LogP contribution in [0.4, 0.5) is 0 Å². The molecule has 0 aromatic heterocycles. The van der Waals surface area contributed by atoms with Crippen LogP contribution in [-0.2, 0) is 18.4 Å². The van der Waals surface area contributed by atoms with Gasteiger partial charge in [-0.1, -0.05) is 159 Å². The molecule has 0 bridgehead atoms. The summed E-state index contributed by atoms with van der Waals surface area (Å²) < 4.78 is 23.1. The predicted molar refractivity (Wildman–Crippen MR) is 219 cm³/mol. The van der Waals surface area contributed by atoms with Gasteiger partial charge in [-0.05, 0) is 51.4 Å². The fraction of sp³-hybridized carbons (Fsp3) is 0.837. The number of carbonyl (C=O) groups excluding carboxylic acids is 1. The zero-order valence-corrected chi connectivity index (χ0v) is 35.4. The minimum atomic E-state index is -4.58. The third-order valence-corrected chi connectivity index (χ3v) is 10.3. The van der Waals surface area contributed by atoms with Crippen molar-refractivity contribution in [1.29, 1.82) is 0 Å². The summed E-state index contributed by atoms with van der Waals surface area (Å²) in [5.41, 5.74) is 0. The molecule has 1 amide bonds. The normalized spacial score (nSPS) is 14.8. The van der Waals surface area contributed by atoms with Crippen LogP contribution in [0.15, 0.2) is 36.5 Å². The van der Waals surface area contributed by atoms with Crippen LogP contribution in [0.25, 0.3) is 0 Å². The SMILES string of the molecule is CCCCCCC/C=C\C/C=C\CCCCCCCCCCCC(=O)NC(COP(=O)([O-])OCC[N+](C)(C)C)C(O)/C=C/CCCCCCCCC. The number of phosphoric acid groups is 1. The Morgan fingerprint density at radius 2 is 1.12 bits per heavy atom. The van der Waals surface area contributed by atoms with Gasteiger partial charge in [0, 0.05) is 6.42 Å². The van der Waals surface area contributed by atoms with Crippen LogP contribution in [0.1, 0.15) is 181 Å². The molecule has 3 unspecified atom stereocenters. The van der Waals surface area contributed by atoms with Crippen molar-refractivity contribution in [1.82, 2.24) is 5.32 Å². The number of nitrogens with zero attached hydrogens (tertiary/aromatic N) is 1. The third-order valence-electron chi connectivity index (χ3n) is 9.34. The summed E-state index contributed by atoms with van der Waals surface area (Å²) in [5, 5.41) is 13.7. The Morgan fingerprint density at radius 1 is 0.673 bits per heavy atom. The summed E-state index contributed by atoms with van der Waals surface area (Å²) in [6.07, 6.45) is 41.9. The number of rotatable bonds is 38. The first-order valence-corrected chi connectivity index (χ1v) is 22.8. The molecule has 0 heterocycles. The lowest BCUT2D eigenvalue weighted by molar-refractivity contribution is -0.870. The molecule has 3 atom stereocenters. The van der Waals surface area contributed by atoms with E-state index in [2.05, 4.69) is 43.5 Å². The Balaban J connectivity index is 4.30. The summed E-state index contributed by atoms with van der Waals surface area (Å²) in [6.45, 7) is 4.59. The molecule has 8 nitrogen and oxygen atoms in total. The number of unbranched alkanes of at least 4 members (excludes halogenated alkanes) is 21. The molecule has 2 N–H and O–H groups in total. The van der Waals surface area contributed by atoms with E-state index < -0.39 is 20.0 Å². The van der Waals surface area contributed by atoms with Gasteiger partial charge in [0.2, 0.25) is 5.91 Å². The molecule has 52 heavy (non-hydrogen) atoms. The minimum Gasteiger partial charge on any atom is -0.756 e. The summed E-state index contributed by atoms with van der Waals surface area (Å²) in [5.74, 6) is -0.206. The molecule has 0 rings (SSSR count). The largest absolute Gasteiger partial charge is 0.756 e. The second-order valence-electron chi connectivity index (χ2n) is 15.7. The first-order valence-electron chi connectivity index (χ1n) is 21.4. The van der Waals surface area contributed by atoms with Gasteiger partial charge in [-0.15, -0.1) is 0 Å². The topological polar surface area (TPSA) is 108 Å². The number of aliphatic hydroxyl groups excluding tert-OH is 1. The highest BCUT2D eigenvalue weighted by atomic mass is 31.2. The number of quaternary nitrogens is 1. The number of amides is 1. The van der Waals surface area contributed by atoms with Gasteiger partial charge in [-0.25, -0.2) is 0 Å². The highest BCUT2D eigenvalue weighted by molar-refractivity contribution is 7.45. The van der Waals surface area contributed by atoms with Crippen LogP contribution in [0, 0.1) is 0 Å². The van der Waals surface area contributed by atoms with Crippen molar-refractivity contribution < 1.29 is 32.9 Å². The van der Waals surface area contributed by atoms with Gasteiger partial charge in [-0.3, -0.25) is 9.36 Å². The number of hydrogen-bond acceptors (Lipinski definition) is 6. The van der Waals surface area contributed by atoms with E-state index >= 15 is 0 Å². The molecular weight excluding hydrogens is 671 g/mol. The first kappa shape index (κ1) is 50.7. The zero-order valence-electron chi connectivity index (χ0n) is 34.5. The number of allylic oxidation sites excluding steroid dienone is 5. The molecule has 0 aliphatic heterocycles. The molecule has 0 aliphatic carbocycles. The standard InChI is InChI=1S/C43H83N2O6P/c1-6-8-10-12-14-16-17-18-19-20-21-22-23-24-25-26-27-29-31-33-35-37-43(47)44-41(40-51-52(48,49)50-39-38-45(3,4)5)42(46)36-34-32-30-28-15-13-11-9-7-2/h17-18,20-21,34,36,41-42,46H,6-16,19,22-33,35,37-40H2,1-5H3,(H-,44,47,48,49)/b18-17-,21-20-,36-34+. The fourth-order valence-electron chi connectivity index (χ4n) is 5.89. The molecule has 0 aliphatic rings. The maximum Gasteiger partial charge on any atom is 0.268 e. The van der Waals surface area contributed by atoms with E-state index in [4.69, 9.17) is 9.05 Å². The predicted octanol–water partition coefficient (Wildman–Crippen LogP) is 10.9. The molecular formula is C43H83N2O6P. The maximum atomic E-state index is 12.8. The van der Waals surface area contributed by atoms with Crippen LogP contribution < -0.4 is 10.2 Å². The second-order valence-corrected chi connectivity index (χ2v) is 17.1. The number of hydrogen-bond donors (Lipinski definition) is 2. The van der Waals surface area contributed by atoms with Crippen LogP contribution in [0.5, 0.6) is 0 Å². The number of nitrogens with one attached hydrogen (secondary N) is 1. The number of phosphoric ester groups is 1. The van der Waals surface area contributed by atoms with E-state index in [0.29, 0.717) is 17.4 Å². The smallest absolute Gasteiger partial charge is 0.268 e. The van der Waals surface area contributed by atoms with E-state index in [0.717, 1.165) is 44.9 Å². The molecule has 0 saturated heterocycles. The van der Waals surface area contributed by atoms with Gasteiger partial charge >= 0.3 is 0 Å². The van der Waals surface area contributed by atoms with Crippen LogP contribution in [0.2, 0.25) is 0 Å². The monoisotopic (exact) mass is 755 g/mol. The highest BCUT2D eigenvalue weighted by Gasteiger charge is 2.23. The Bertz CT molecular complexity index is 948. The first-order chi connectivity index (χ1) is 25.0. The second kappa shape index (κ2) is 35.4. The maximum absolute atomic E-state index is 12.8. The summed E-state index contributed by atoms with van der Waals surface area (Å²) >= 11 is 0. The Hall–Kier alpha value is -1.28. The summed E-state index contributed by atoms with van der Waals surface area (Å²) in [6, 6.07) is -0.885. The lowest BCUT2D eigenvalue weighted by atomic mass is 10.0. The molecule has 306 valence electrons. The molecule has 0 saturated carbocycles. The third kappa shape index (κ3) is 37.1. The Kier molecular flexibility index (Phi) is 34.6. The van der Waals surface area contributed by atoms with E-state index in [1.165, 1.54) is 116 Å². The summed E-state index contributed by atoms with van der Waals surface area (Å²) in [7, 11) is 1.25. The van der Waals surface area contributed by atoms with Gasteiger partial charge in [0.05, 0.1) is 39.9 Å². The van der Waals surface area contributed by atoms with Crippen molar-refractivity contribution in [2.24, 2.45) is 0 Å². The molecule has 0 radical (unpaired) electrons. The molecule has 0 aromatic rings. The summed E-state index contributed by atoms with van der Waals surface area (Å²) in [4.78, 5) is 25.2. The lowest BCUT2D eigenvalue weighted by Crippen LogP contribution is -2.45. The Morgan fingerprint density at radius 3 is 1.60 bits per heavy atom. The zero-order chi connectivity index (χ0) is 38.6. The molecule has 0 fully saturated rings. The van der Waals surface area contributed by atoms with Crippen molar-refractivity contribution >= 4 is 13.7 Å². The van der Waals surface area contributed by atoms with Crippen LogP contribution >= 0.6 is 7.82 Å². The van der Waals surface area contributed by atoms with Crippen molar-refractivity contribution in [3.63, 3.8) is 0 Å². The average molecular weight is 755 g/mol. The van der Waals surface area contributed by atoms with Gasteiger partial charge in [-0.2, -0.15) is 0 Å². The number of likely N-dealkylation sites (N-methyl/N-ethyl adjacent to an activating group) is 1. The van der Waals surface area contributed by atoms with Crippen molar-refractivity contribution in [2.45, 2.75) is 193 Å². The number of carbonyl (C=O) groups is 1. The van der Waals surface area contributed by atoms with Gasteiger partial charge in [0.25, 0.3) is 7.82 Å². The lowest BCUT2D eigenvalue weighted by Gasteiger charge is -2.29. The van der Waals surface area contributed by atoms with E-state index in [9.17, 15) is 19.4 Å². The Labute approximate surface area is 321 Å². The average Bonchev–Trinajstić information content (AvgIpc) is 3.09. The van der Waals surface area contributed by atoms with Gasteiger partial charge < -0.3 is 28.8 Å².